The fourth-order valence-electron chi connectivity index (χ4n) is 3.73. The highest BCUT2D eigenvalue weighted by Crippen LogP contribution is 2.27. The third kappa shape index (κ3) is 5.54. The predicted octanol–water partition coefficient (Wildman–Crippen LogP) is 5.46. The number of hydrogen-bond acceptors (Lipinski definition) is 2. The van der Waals surface area contributed by atoms with Crippen LogP contribution in [0.25, 0.3) is 0 Å². The van der Waals surface area contributed by atoms with E-state index in [9.17, 15) is 5.11 Å². The summed E-state index contributed by atoms with van der Waals surface area (Å²) >= 11 is 0. The van der Waals surface area contributed by atoms with Crippen molar-refractivity contribution in [3.63, 3.8) is 0 Å². The highest BCUT2D eigenvalue weighted by Gasteiger charge is 2.35. The van der Waals surface area contributed by atoms with Gasteiger partial charge in [-0.3, -0.25) is 4.90 Å². The first-order chi connectivity index (χ1) is 13.6. The standard InChI is InChI=1S/C26H31NO/c1-3-26(2,28)25(19-22-13-7-4-8-14-22)27(20-23-15-9-5-10-16-23)21-24-17-11-6-12-18-24/h4-18,25,28H,3,19-21H2,1-2H3/t25-,26-/m0/s1. The number of nitrogens with zero attached hydrogens (tertiary/aromatic N) is 1. The molecule has 0 aliphatic rings. The second-order valence-corrected chi connectivity index (χ2v) is 7.79. The monoisotopic (exact) mass is 373 g/mol. The maximum atomic E-state index is 11.3. The van der Waals surface area contributed by atoms with Crippen molar-refractivity contribution in [2.75, 3.05) is 0 Å². The number of aliphatic hydroxyl groups is 1. The first kappa shape index (κ1) is 20.3. The van der Waals surface area contributed by atoms with Gasteiger partial charge in [0.25, 0.3) is 0 Å². The summed E-state index contributed by atoms with van der Waals surface area (Å²) in [5.74, 6) is 0. The summed E-state index contributed by atoms with van der Waals surface area (Å²) in [6, 6.07) is 31.6. The van der Waals surface area contributed by atoms with Crippen molar-refractivity contribution >= 4 is 0 Å². The van der Waals surface area contributed by atoms with Gasteiger partial charge in [0.15, 0.2) is 0 Å². The Morgan fingerprint density at radius 2 is 1.11 bits per heavy atom. The lowest BCUT2D eigenvalue weighted by atomic mass is 9.86. The second-order valence-electron chi connectivity index (χ2n) is 7.79. The van der Waals surface area contributed by atoms with Gasteiger partial charge in [-0.15, -0.1) is 0 Å². The molecule has 2 atom stereocenters. The maximum absolute atomic E-state index is 11.3. The zero-order chi connectivity index (χ0) is 19.8. The van der Waals surface area contributed by atoms with Crippen LogP contribution in [0.15, 0.2) is 91.0 Å². The molecule has 0 heterocycles. The Morgan fingerprint density at radius 3 is 1.50 bits per heavy atom. The van der Waals surface area contributed by atoms with Crippen LogP contribution >= 0.6 is 0 Å². The van der Waals surface area contributed by atoms with Gasteiger partial charge in [0.2, 0.25) is 0 Å². The highest BCUT2D eigenvalue weighted by atomic mass is 16.3. The smallest absolute Gasteiger partial charge is 0.0775 e. The van der Waals surface area contributed by atoms with Crippen molar-refractivity contribution in [2.24, 2.45) is 0 Å². The zero-order valence-corrected chi connectivity index (χ0v) is 17.0. The molecule has 3 aromatic carbocycles. The molecule has 2 heteroatoms. The Bertz CT molecular complexity index is 773. The van der Waals surface area contributed by atoms with E-state index in [-0.39, 0.29) is 6.04 Å². The molecule has 3 rings (SSSR count). The Balaban J connectivity index is 1.94. The van der Waals surface area contributed by atoms with Crippen LogP contribution in [-0.2, 0) is 19.5 Å². The molecule has 2 nitrogen and oxygen atoms in total. The van der Waals surface area contributed by atoms with Crippen molar-refractivity contribution < 1.29 is 5.11 Å². The van der Waals surface area contributed by atoms with Crippen molar-refractivity contribution in [2.45, 2.75) is 51.4 Å². The van der Waals surface area contributed by atoms with Crippen molar-refractivity contribution in [1.29, 1.82) is 0 Å². The van der Waals surface area contributed by atoms with Crippen molar-refractivity contribution in [1.82, 2.24) is 4.90 Å². The summed E-state index contributed by atoms with van der Waals surface area (Å²) in [6.07, 6.45) is 1.53. The highest BCUT2D eigenvalue weighted by molar-refractivity contribution is 5.20. The zero-order valence-electron chi connectivity index (χ0n) is 17.0. The van der Waals surface area contributed by atoms with Gasteiger partial charge in [-0.2, -0.15) is 0 Å². The topological polar surface area (TPSA) is 23.5 Å². The molecule has 0 fully saturated rings. The lowest BCUT2D eigenvalue weighted by molar-refractivity contribution is -0.0432. The summed E-state index contributed by atoms with van der Waals surface area (Å²) in [7, 11) is 0. The van der Waals surface area contributed by atoms with E-state index in [1.807, 2.05) is 13.0 Å². The van der Waals surface area contributed by atoms with E-state index in [0.717, 1.165) is 19.5 Å². The van der Waals surface area contributed by atoms with Crippen LogP contribution in [0.5, 0.6) is 0 Å². The molecule has 0 unspecified atom stereocenters. The number of rotatable bonds is 9. The Morgan fingerprint density at radius 1 is 0.714 bits per heavy atom. The van der Waals surface area contributed by atoms with Gasteiger partial charge in [-0.25, -0.2) is 0 Å². The van der Waals surface area contributed by atoms with Gasteiger partial charge in [0.05, 0.1) is 5.60 Å². The summed E-state index contributed by atoms with van der Waals surface area (Å²) in [5, 5.41) is 11.3. The van der Waals surface area contributed by atoms with Gasteiger partial charge < -0.3 is 5.11 Å². The fraction of sp³-hybridized carbons (Fsp3) is 0.308. The maximum Gasteiger partial charge on any atom is 0.0775 e. The third-order valence-electron chi connectivity index (χ3n) is 5.60. The first-order valence-corrected chi connectivity index (χ1v) is 10.2. The molecular formula is C26H31NO. The van der Waals surface area contributed by atoms with Gasteiger partial charge in [-0.05, 0) is 36.5 Å². The minimum absolute atomic E-state index is 0.0142. The molecule has 146 valence electrons. The average molecular weight is 374 g/mol. The van der Waals surface area contributed by atoms with Gasteiger partial charge in [0.1, 0.15) is 0 Å². The van der Waals surface area contributed by atoms with Gasteiger partial charge >= 0.3 is 0 Å². The van der Waals surface area contributed by atoms with E-state index in [1.165, 1.54) is 16.7 Å². The molecule has 0 radical (unpaired) electrons. The lowest BCUT2D eigenvalue weighted by Gasteiger charge is -2.41. The molecule has 0 aliphatic carbocycles. The molecular weight excluding hydrogens is 342 g/mol. The van der Waals surface area contributed by atoms with E-state index in [4.69, 9.17) is 0 Å². The SMILES string of the molecule is CC[C@](C)(O)[C@H](Cc1ccccc1)N(Cc1ccccc1)Cc1ccccc1. The van der Waals surface area contributed by atoms with Crippen LogP contribution in [0, 0.1) is 0 Å². The molecule has 28 heavy (non-hydrogen) atoms. The Hall–Kier alpha value is -2.42. The summed E-state index contributed by atoms with van der Waals surface area (Å²) in [6.45, 7) is 5.66. The van der Waals surface area contributed by atoms with Crippen LogP contribution in [0.3, 0.4) is 0 Å². The first-order valence-electron chi connectivity index (χ1n) is 10.2. The molecule has 0 aromatic heterocycles. The van der Waals surface area contributed by atoms with Gasteiger partial charge in [-0.1, -0.05) is 97.9 Å². The largest absolute Gasteiger partial charge is 0.389 e. The predicted molar refractivity (Wildman–Crippen MR) is 117 cm³/mol. The molecule has 0 aliphatic heterocycles. The molecule has 0 saturated carbocycles. The Labute approximate surface area is 169 Å². The van der Waals surface area contributed by atoms with Gasteiger partial charge in [0, 0.05) is 19.1 Å². The van der Waals surface area contributed by atoms with E-state index in [0.29, 0.717) is 6.42 Å². The number of benzene rings is 3. The van der Waals surface area contributed by atoms with Crippen LogP contribution in [0.1, 0.15) is 37.0 Å². The summed E-state index contributed by atoms with van der Waals surface area (Å²) < 4.78 is 0. The second kappa shape index (κ2) is 9.68. The Kier molecular flexibility index (Phi) is 7.02. The minimum atomic E-state index is -0.778. The average Bonchev–Trinajstić information content (AvgIpc) is 2.74. The third-order valence-corrected chi connectivity index (χ3v) is 5.60. The van der Waals surface area contributed by atoms with Crippen LogP contribution < -0.4 is 0 Å². The number of hydrogen-bond donors (Lipinski definition) is 1. The van der Waals surface area contributed by atoms with E-state index in [2.05, 4.69) is 96.8 Å². The summed E-state index contributed by atoms with van der Waals surface area (Å²) in [5.41, 5.74) is 3.01. The molecule has 0 saturated heterocycles. The van der Waals surface area contributed by atoms with Crippen LogP contribution in [0.4, 0.5) is 0 Å². The molecule has 0 amide bonds. The minimum Gasteiger partial charge on any atom is -0.389 e. The van der Waals surface area contributed by atoms with E-state index >= 15 is 0 Å². The van der Waals surface area contributed by atoms with E-state index in [1.54, 1.807) is 0 Å². The fourth-order valence-corrected chi connectivity index (χ4v) is 3.73. The molecule has 1 N–H and O–H groups in total. The molecule has 0 spiro atoms. The van der Waals surface area contributed by atoms with Crippen LogP contribution in [-0.4, -0.2) is 21.6 Å². The quantitative estimate of drug-likeness (QED) is 0.538. The van der Waals surface area contributed by atoms with Crippen molar-refractivity contribution in [3.8, 4) is 0 Å². The summed E-state index contributed by atoms with van der Waals surface area (Å²) in [4.78, 5) is 2.43. The lowest BCUT2D eigenvalue weighted by Crippen LogP contribution is -2.51. The van der Waals surface area contributed by atoms with Crippen LogP contribution in [0.2, 0.25) is 0 Å². The van der Waals surface area contributed by atoms with E-state index < -0.39 is 5.60 Å². The molecule has 3 aromatic rings. The van der Waals surface area contributed by atoms with Crippen molar-refractivity contribution in [3.05, 3.63) is 108 Å². The molecule has 0 bridgehead atoms. The normalized spacial score (nSPS) is 14.6.